The number of alkyl halides is 6. The molecule has 0 fully saturated rings. The van der Waals surface area contributed by atoms with Crippen molar-refractivity contribution >= 4 is 41.5 Å². The van der Waals surface area contributed by atoms with E-state index in [2.05, 4.69) is 34.9 Å². The number of carbonyl (C=O) groups excluding carboxylic acids is 4. The molecule has 2 aliphatic rings. The van der Waals surface area contributed by atoms with Crippen molar-refractivity contribution in [3.63, 3.8) is 0 Å². The van der Waals surface area contributed by atoms with E-state index < -0.39 is 60.7 Å². The third-order valence-electron chi connectivity index (χ3n) is 8.55. The van der Waals surface area contributed by atoms with E-state index in [9.17, 15) is 45.5 Å². The quantitative estimate of drug-likeness (QED) is 0.0427. The number of benzene rings is 4. The van der Waals surface area contributed by atoms with E-state index in [1.807, 2.05) is 78.1 Å². The number of aliphatic carboxylic acids is 1. The van der Waals surface area contributed by atoms with Crippen molar-refractivity contribution < 1.29 is 136 Å². The number of amides is 2. The molecule has 6 rings (SSSR count). The maximum absolute atomic E-state index is 12.5. The minimum absolute atomic E-state index is 0. The maximum atomic E-state index is 12.5. The number of carbonyl (C=O) groups is 5. The minimum atomic E-state index is -4.64. The van der Waals surface area contributed by atoms with Gasteiger partial charge in [-0.2, -0.15) is 26.3 Å². The molecule has 2 amide bonds. The zero-order valence-corrected chi connectivity index (χ0v) is 37.1. The average Bonchev–Trinajstić information content (AvgIpc) is 3.67. The average molecular weight is 902 g/mol. The first kappa shape index (κ1) is 54.8. The normalized spacial score (nSPS) is 12.9. The number of ether oxygens (including phenoxy) is 2. The number of carboxylic acids is 1. The van der Waals surface area contributed by atoms with Crippen LogP contribution >= 0.6 is 11.6 Å². The van der Waals surface area contributed by atoms with E-state index in [-0.39, 0.29) is 92.1 Å². The molecule has 2 atom stereocenters. The van der Waals surface area contributed by atoms with Crippen LogP contribution in [0.15, 0.2) is 97.1 Å². The number of rotatable bonds is 10. The number of fused-ring (bicyclic) bond motifs is 6. The summed E-state index contributed by atoms with van der Waals surface area (Å²) in [6, 6.07) is 27.9. The summed E-state index contributed by atoms with van der Waals surface area (Å²) in [6.45, 7) is 0.0354. The van der Waals surface area contributed by atoms with Crippen molar-refractivity contribution in [2.75, 3.05) is 13.2 Å². The molecule has 4 aromatic rings. The Morgan fingerprint density at radius 1 is 0.721 bits per heavy atom. The van der Waals surface area contributed by atoms with Crippen LogP contribution in [0.4, 0.5) is 35.9 Å². The van der Waals surface area contributed by atoms with Gasteiger partial charge in [-0.3, -0.25) is 14.4 Å². The molecule has 22 heteroatoms. The number of alkyl carbamates (subject to hydrolysis) is 1. The molecule has 0 aromatic heterocycles. The van der Waals surface area contributed by atoms with Crippen molar-refractivity contribution in [2.24, 2.45) is 11.5 Å². The molecule has 0 radical (unpaired) electrons. The predicted molar refractivity (Wildman–Crippen MR) is 197 cm³/mol. The van der Waals surface area contributed by atoms with E-state index in [0.29, 0.717) is 0 Å². The molecular weight excluding hydrogens is 866 g/mol. The molecule has 61 heavy (non-hydrogen) atoms. The molecular formula is C39H36ClF6N3Na2O10. The summed E-state index contributed by atoms with van der Waals surface area (Å²) in [6.07, 6.45) is -13.3. The van der Waals surface area contributed by atoms with Crippen LogP contribution in [0.1, 0.15) is 48.4 Å². The van der Waals surface area contributed by atoms with Crippen LogP contribution in [0, 0.1) is 0 Å². The van der Waals surface area contributed by atoms with Crippen molar-refractivity contribution in [3.8, 4) is 22.3 Å². The summed E-state index contributed by atoms with van der Waals surface area (Å²) in [7, 11) is 0. The van der Waals surface area contributed by atoms with Gasteiger partial charge in [0.2, 0.25) is 5.91 Å². The van der Waals surface area contributed by atoms with Crippen LogP contribution < -0.4 is 81.2 Å². The fraction of sp³-hybridized carbons (Fsp3) is 0.256. The van der Waals surface area contributed by atoms with Crippen LogP contribution in [-0.2, 0) is 28.7 Å². The van der Waals surface area contributed by atoms with Gasteiger partial charge in [0.15, 0.2) is 0 Å². The Bertz CT molecular complexity index is 2010. The van der Waals surface area contributed by atoms with Gasteiger partial charge in [0, 0.05) is 23.4 Å². The van der Waals surface area contributed by atoms with Crippen LogP contribution in [0.2, 0.25) is 0 Å². The van der Waals surface area contributed by atoms with Gasteiger partial charge in [-0.05, 0) is 44.5 Å². The third kappa shape index (κ3) is 17.2. The van der Waals surface area contributed by atoms with Crippen LogP contribution in [-0.4, -0.2) is 72.6 Å². The SMILES string of the molecule is NC(=O)C(CC(F)(F)F)NC(=O)OCC1c2ccccc2-c2ccccc21.NC(CC(F)(F)F)C(=O)O.O=C(Cl)OCC1c2ccccc2-c2ccccc21.O=CO[O-].[H-].[Na+].[Na+]. The molecule has 0 saturated heterocycles. The van der Waals surface area contributed by atoms with E-state index in [1.54, 1.807) is 0 Å². The van der Waals surface area contributed by atoms with E-state index in [4.69, 9.17) is 42.0 Å². The Morgan fingerprint density at radius 2 is 1.05 bits per heavy atom. The van der Waals surface area contributed by atoms with Crippen molar-refractivity contribution in [1.82, 2.24) is 5.32 Å². The van der Waals surface area contributed by atoms with Gasteiger partial charge in [0.25, 0.3) is 6.47 Å². The van der Waals surface area contributed by atoms with Gasteiger partial charge >= 0.3 is 89.0 Å². The minimum Gasteiger partial charge on any atom is -1.00 e. The number of halogens is 7. The molecule has 6 N–H and O–H groups in total. The Morgan fingerprint density at radius 3 is 1.31 bits per heavy atom. The van der Waals surface area contributed by atoms with Gasteiger partial charge in [-0.15, -0.1) is 0 Å². The Balaban J connectivity index is 0.000000920. The zero-order chi connectivity index (χ0) is 43.9. The molecule has 2 unspecified atom stereocenters. The molecule has 0 saturated carbocycles. The molecule has 0 heterocycles. The third-order valence-corrected chi connectivity index (χ3v) is 8.66. The van der Waals surface area contributed by atoms with Crippen LogP contribution in [0.25, 0.3) is 22.3 Å². The summed E-state index contributed by atoms with van der Waals surface area (Å²) < 4.78 is 81.5. The molecule has 2 aliphatic carbocycles. The first-order valence-corrected chi connectivity index (χ1v) is 17.4. The van der Waals surface area contributed by atoms with Crippen molar-refractivity contribution in [3.05, 3.63) is 119 Å². The second-order valence-corrected chi connectivity index (χ2v) is 12.8. The summed E-state index contributed by atoms with van der Waals surface area (Å²) in [4.78, 5) is 54.8. The van der Waals surface area contributed by atoms with Gasteiger partial charge < -0.3 is 42.9 Å². The Labute approximate surface area is 395 Å². The van der Waals surface area contributed by atoms with E-state index in [1.165, 1.54) is 22.3 Å². The molecule has 13 nitrogen and oxygen atoms in total. The fourth-order valence-electron chi connectivity index (χ4n) is 6.16. The standard InChI is InChI=1S/C19H17F3N2O3.C15H11ClO2.C4H6F3NO2.CH2O3.2Na.H/c20-19(21,22)9-16(17(23)25)24-18(26)27-10-15-13-7-3-1-5-11(13)12-6-2-4-8-14(12)15;16-15(17)18-9-14-12-7-3-1-5-10(12)11-6-2-4-8-13(11)14;5-4(6,7)1-2(8)3(9)10;2-1-4-3;;;/h1-8,15-16H,9-10H2,(H2,23,25)(H,24,26);1-8,14H,9H2;2H,1,8H2,(H,9,10);1,3H;;;/q;;;;2*+1;-1/p-1. The zero-order valence-electron chi connectivity index (χ0n) is 33.4. The van der Waals surface area contributed by atoms with Crippen LogP contribution in [0.3, 0.4) is 0 Å². The number of nitrogens with two attached hydrogens (primary N) is 2. The van der Waals surface area contributed by atoms with E-state index in [0.717, 1.165) is 22.3 Å². The molecule has 0 aliphatic heterocycles. The first-order chi connectivity index (χ1) is 27.8. The molecule has 0 bridgehead atoms. The molecule has 0 spiro atoms. The predicted octanol–water partition coefficient (Wildman–Crippen LogP) is 0.412. The topological polar surface area (TPSA) is 220 Å². The second-order valence-electron chi connectivity index (χ2n) is 12.5. The number of nitrogens with one attached hydrogen (secondary N) is 1. The van der Waals surface area contributed by atoms with Gasteiger partial charge in [0.05, 0.1) is 12.8 Å². The van der Waals surface area contributed by atoms with Crippen molar-refractivity contribution in [2.45, 2.75) is 49.1 Å². The maximum Gasteiger partial charge on any atom is 1.00 e. The van der Waals surface area contributed by atoms with Crippen molar-refractivity contribution in [1.29, 1.82) is 0 Å². The number of hydrogen-bond acceptors (Lipinski definition) is 10. The van der Waals surface area contributed by atoms with Gasteiger partial charge in [-0.25, -0.2) is 9.59 Å². The van der Waals surface area contributed by atoms with E-state index >= 15 is 0 Å². The number of hydrogen-bond donors (Lipinski definition) is 4. The van der Waals surface area contributed by atoms with Gasteiger partial charge in [-0.1, -0.05) is 97.1 Å². The second kappa shape index (κ2) is 25.7. The molecule has 4 aromatic carbocycles. The summed E-state index contributed by atoms with van der Waals surface area (Å²) >= 11 is 5.25. The number of carboxylic acid groups (broad SMARTS) is 1. The molecule has 318 valence electrons. The Kier molecular flexibility index (Phi) is 23.1. The van der Waals surface area contributed by atoms with Gasteiger partial charge in [0.1, 0.15) is 25.3 Å². The number of primary amides is 1. The summed E-state index contributed by atoms with van der Waals surface area (Å²) in [5, 5.41) is 18.2. The monoisotopic (exact) mass is 901 g/mol. The first-order valence-electron chi connectivity index (χ1n) is 17.0. The fourth-order valence-corrected chi connectivity index (χ4v) is 6.22. The summed E-state index contributed by atoms with van der Waals surface area (Å²) in [5.74, 6) is -3.07. The Hall–Kier alpha value is -4.18. The smallest absolute Gasteiger partial charge is 1.00 e. The largest absolute Gasteiger partial charge is 1.00 e. The summed E-state index contributed by atoms with van der Waals surface area (Å²) in [5.41, 5.74) is 17.5. The van der Waals surface area contributed by atoms with Crippen LogP contribution in [0.5, 0.6) is 0 Å².